The number of nitrogens with zero attached hydrogens (tertiary/aromatic N) is 4. The summed E-state index contributed by atoms with van der Waals surface area (Å²) in [6, 6.07) is 5.89. The maximum absolute atomic E-state index is 14.9. The lowest BCUT2D eigenvalue weighted by atomic mass is 9.68. The minimum atomic E-state index is -3.15. The van der Waals surface area contributed by atoms with Gasteiger partial charge < -0.3 is 63.9 Å². The van der Waals surface area contributed by atoms with Gasteiger partial charge in [0.15, 0.2) is 20.2 Å². The standard InChI is InChI=1S/C53H83FIN5O14S/c1-28-23-52(8,70-13)47(30(3)41(40-24-51(7,69-12)46(63)33(6)72-40)31(4)48(64)74-50(55)53(9,65)45(62)32(5)42(28)56)73-49-43(61)38(22-29(2)71-49)59(10)20-18-37-26-60(58-57-37)39(25-54)44(68-11)35-16-14-34(15-17-35)36-19-21-75(66,67)27-36/h14-17,19,26,28-33,38-41,43-47,49-50,56,61-63,65H,18,20-25,27H2,1-13H3/t28-,29-,30+,31-,32+,33+,38+,39-,40-,41?,43-,44-,45-,46+,47-,49+,50+,51-,52-,53+/m1/s1. The zero-order valence-corrected chi connectivity index (χ0v) is 48.7. The highest BCUT2D eigenvalue weighted by Crippen LogP contribution is 2.46. The van der Waals surface area contributed by atoms with Gasteiger partial charge in [0, 0.05) is 70.5 Å². The Balaban J connectivity index is 1.26. The third-order valence-corrected chi connectivity index (χ3v) is 19.9. The predicted octanol–water partition coefficient (Wildman–Crippen LogP) is 5.06. The summed E-state index contributed by atoms with van der Waals surface area (Å²) in [7, 11) is 3.29. The van der Waals surface area contributed by atoms with Crippen molar-refractivity contribution in [3.05, 3.63) is 53.4 Å². The number of aliphatic hydroxyl groups is 4. The van der Waals surface area contributed by atoms with E-state index in [4.69, 9.17) is 33.2 Å². The van der Waals surface area contributed by atoms with Gasteiger partial charge in [-0.1, -0.05) is 63.2 Å². The number of esters is 1. The van der Waals surface area contributed by atoms with Crippen LogP contribution in [0.5, 0.6) is 0 Å². The van der Waals surface area contributed by atoms with Crippen molar-refractivity contribution in [2.75, 3.05) is 53.1 Å². The summed E-state index contributed by atoms with van der Waals surface area (Å²) in [6.45, 7) is 15.4. The average Bonchev–Trinajstić information content (AvgIpc) is 4.00. The quantitative estimate of drug-likeness (QED) is 0.0888. The van der Waals surface area contributed by atoms with Gasteiger partial charge in [-0.15, -0.1) is 5.10 Å². The Morgan fingerprint density at radius 2 is 1.63 bits per heavy atom. The number of halogens is 2. The molecule has 1 aromatic heterocycles. The Morgan fingerprint density at radius 1 is 0.973 bits per heavy atom. The molecule has 0 aliphatic carbocycles. The molecule has 3 saturated heterocycles. The summed E-state index contributed by atoms with van der Waals surface area (Å²) in [4.78, 5) is 16.5. The fourth-order valence-electron chi connectivity index (χ4n) is 12.0. The molecule has 0 bridgehead atoms. The molecule has 4 aliphatic heterocycles. The second-order valence-corrected chi connectivity index (χ2v) is 25.7. The van der Waals surface area contributed by atoms with E-state index in [1.807, 2.05) is 51.8 Å². The van der Waals surface area contributed by atoms with E-state index < -0.39 is 140 Å². The van der Waals surface area contributed by atoms with Crippen LogP contribution >= 0.6 is 22.6 Å². The lowest BCUT2D eigenvalue weighted by Gasteiger charge is -2.52. The highest BCUT2D eigenvalue weighted by Gasteiger charge is 2.56. The van der Waals surface area contributed by atoms with Crippen molar-refractivity contribution in [3.8, 4) is 0 Å². The molecule has 75 heavy (non-hydrogen) atoms. The molecule has 3 fully saturated rings. The van der Waals surface area contributed by atoms with E-state index in [2.05, 4.69) is 10.3 Å². The van der Waals surface area contributed by atoms with E-state index in [1.165, 1.54) is 25.8 Å². The van der Waals surface area contributed by atoms with Gasteiger partial charge in [0.1, 0.15) is 36.6 Å². The Labute approximate surface area is 456 Å². The SMILES string of the molecule is CO[C@H](c1ccc(C2=CCS(=O)(=O)C2)cc1)[C@@H](CF)n1cc(CCN(C)[C@H]2C[C@@H](C)O[C@@H](O[C@@H]3[C@@H](C)C([C@H]4C[C@@](C)(OC)[C@@H](O)[C@H](C)O4)[C@@H](C)C(=O)O[C@H](I)[C@@](C)(O)[C@H](O)[C@@H](C)C(=N)[C@H](C)C[C@@]3(C)OC)[C@@H]2O)nn1. The molecule has 20 atom stereocenters. The number of cyclic esters (lactones) is 1. The normalized spacial score (nSPS) is 40.2. The van der Waals surface area contributed by atoms with Gasteiger partial charge in [0.2, 0.25) is 0 Å². The molecule has 0 amide bonds. The molecule has 424 valence electrons. The number of hydrogen-bond acceptors (Lipinski definition) is 18. The van der Waals surface area contributed by atoms with Crippen molar-refractivity contribution in [1.82, 2.24) is 19.9 Å². The lowest BCUT2D eigenvalue weighted by Crippen LogP contribution is -2.62. The van der Waals surface area contributed by atoms with Crippen molar-refractivity contribution in [2.24, 2.45) is 29.6 Å². The van der Waals surface area contributed by atoms with Crippen LogP contribution in [0.1, 0.15) is 111 Å². The number of methoxy groups -OCH3 is 3. The first kappa shape index (κ1) is 61.6. The first-order valence-electron chi connectivity index (χ1n) is 26.0. The first-order valence-corrected chi connectivity index (χ1v) is 29.1. The number of aromatic nitrogens is 3. The largest absolute Gasteiger partial charge is 0.448 e. The molecule has 5 N–H and O–H groups in total. The molecule has 4 aliphatic rings. The van der Waals surface area contributed by atoms with Gasteiger partial charge in [-0.25, -0.2) is 17.5 Å². The van der Waals surface area contributed by atoms with Gasteiger partial charge in [0.25, 0.3) is 0 Å². The van der Waals surface area contributed by atoms with Gasteiger partial charge in [-0.05, 0) is 106 Å². The van der Waals surface area contributed by atoms with Gasteiger partial charge in [-0.3, -0.25) is 4.79 Å². The highest BCUT2D eigenvalue weighted by molar-refractivity contribution is 14.1. The minimum absolute atomic E-state index is 0.00707. The second kappa shape index (κ2) is 24.8. The van der Waals surface area contributed by atoms with Gasteiger partial charge >= 0.3 is 5.97 Å². The molecular formula is C53H83FIN5O14S. The van der Waals surface area contributed by atoms with Crippen molar-refractivity contribution in [1.29, 1.82) is 5.41 Å². The number of aliphatic hydroxyl groups excluding tert-OH is 3. The molecule has 2 aromatic rings. The Bertz CT molecular complexity index is 2400. The maximum Gasteiger partial charge on any atom is 0.310 e. The first-order chi connectivity index (χ1) is 35.1. The summed E-state index contributed by atoms with van der Waals surface area (Å²) in [6.07, 6.45) is -3.89. The van der Waals surface area contributed by atoms with Gasteiger partial charge in [-0.2, -0.15) is 0 Å². The average molecular weight is 1190 g/mol. The van der Waals surface area contributed by atoms with Crippen LogP contribution in [-0.2, 0) is 54.2 Å². The number of alkyl halides is 2. The fourth-order valence-corrected chi connectivity index (χ4v) is 14.0. The maximum atomic E-state index is 14.9. The Kier molecular flexibility index (Phi) is 20.4. The van der Waals surface area contributed by atoms with E-state index in [1.54, 1.807) is 81.8 Å². The number of hydrogen-bond donors (Lipinski definition) is 5. The number of carbonyl (C=O) groups is 1. The predicted molar refractivity (Wildman–Crippen MR) is 287 cm³/mol. The van der Waals surface area contributed by atoms with Crippen LogP contribution in [-0.4, -0.2) is 189 Å². The number of rotatable bonds is 15. The lowest BCUT2D eigenvalue weighted by molar-refractivity contribution is -0.304. The molecule has 19 nitrogen and oxygen atoms in total. The summed E-state index contributed by atoms with van der Waals surface area (Å²) in [5.41, 5.74) is -1.36. The number of sulfone groups is 1. The zero-order valence-electron chi connectivity index (χ0n) is 45.8. The number of ether oxygens (including phenoxy) is 7. The third kappa shape index (κ3) is 13.4. The zero-order chi connectivity index (χ0) is 55.7. The minimum Gasteiger partial charge on any atom is -0.448 e. The van der Waals surface area contributed by atoms with Crippen LogP contribution in [0.3, 0.4) is 0 Å². The Morgan fingerprint density at radius 3 is 2.21 bits per heavy atom. The number of carbonyl (C=O) groups excluding carboxylic acids is 1. The summed E-state index contributed by atoms with van der Waals surface area (Å²) >= 11 is 1.81. The van der Waals surface area contributed by atoms with E-state index in [0.717, 1.165) is 11.1 Å². The molecule has 6 rings (SSSR count). The monoisotopic (exact) mass is 1190 g/mol. The number of benzene rings is 1. The van der Waals surface area contributed by atoms with Crippen molar-refractivity contribution < 1.29 is 71.2 Å². The highest BCUT2D eigenvalue weighted by atomic mass is 127. The van der Waals surface area contributed by atoms with Crippen LogP contribution in [0, 0.1) is 35.0 Å². The molecule has 1 aromatic carbocycles. The molecular weight excluding hydrogens is 1110 g/mol. The molecule has 0 radical (unpaired) electrons. The Hall–Kier alpha value is -2.59. The second-order valence-electron chi connectivity index (χ2n) is 22.4. The smallest absolute Gasteiger partial charge is 0.310 e. The summed E-state index contributed by atoms with van der Waals surface area (Å²) < 4.78 is 83.7. The van der Waals surface area contributed by atoms with Crippen LogP contribution < -0.4 is 0 Å². The van der Waals surface area contributed by atoms with E-state index in [9.17, 15) is 43.4 Å². The molecule has 5 heterocycles. The molecule has 0 saturated carbocycles. The van der Waals surface area contributed by atoms with Gasteiger partial charge in [0.05, 0.1) is 64.8 Å². The topological polar surface area (TPSA) is 255 Å². The van der Waals surface area contributed by atoms with Crippen molar-refractivity contribution in [3.63, 3.8) is 0 Å². The molecule has 1 unspecified atom stereocenters. The van der Waals surface area contributed by atoms with Crippen molar-refractivity contribution in [2.45, 2.75) is 176 Å². The van der Waals surface area contributed by atoms with Crippen molar-refractivity contribution >= 4 is 49.7 Å². The number of nitrogens with one attached hydrogen (secondary N) is 1. The number of likely N-dealkylation sites (N-methyl/N-ethyl adjacent to an activating group) is 1. The molecule has 0 spiro atoms. The van der Waals surface area contributed by atoms with Crippen LogP contribution in [0.25, 0.3) is 5.57 Å². The summed E-state index contributed by atoms with van der Waals surface area (Å²) in [5, 5.41) is 65.0. The summed E-state index contributed by atoms with van der Waals surface area (Å²) in [5.74, 6) is -4.42. The van der Waals surface area contributed by atoms with Crippen LogP contribution in [0.2, 0.25) is 0 Å². The van der Waals surface area contributed by atoms with E-state index in [0.29, 0.717) is 30.6 Å². The van der Waals surface area contributed by atoms with Crippen LogP contribution in [0.4, 0.5) is 4.39 Å². The van der Waals surface area contributed by atoms with E-state index in [-0.39, 0.29) is 30.1 Å². The van der Waals surface area contributed by atoms with E-state index >= 15 is 0 Å². The van der Waals surface area contributed by atoms with Crippen LogP contribution in [0.15, 0.2) is 36.5 Å². The fraction of sp³-hybridized carbons (Fsp3) is 0.774. The molecule has 22 heteroatoms. The third-order valence-electron chi connectivity index (χ3n) is 17.0.